The third kappa shape index (κ3) is 3.52. The Bertz CT molecular complexity index is 491. The van der Waals surface area contributed by atoms with Crippen molar-refractivity contribution < 1.29 is 4.79 Å². The molecule has 0 aliphatic carbocycles. The van der Waals surface area contributed by atoms with E-state index in [1.165, 1.54) is 12.8 Å². The molecule has 2 aliphatic rings. The number of nitrogens with zero attached hydrogens (tertiary/aromatic N) is 4. The summed E-state index contributed by atoms with van der Waals surface area (Å²) in [7, 11) is 0. The van der Waals surface area contributed by atoms with E-state index in [1.54, 1.807) is 6.92 Å². The molecule has 2 aliphatic heterocycles. The number of hydrogen-bond donors (Lipinski definition) is 0. The van der Waals surface area contributed by atoms with E-state index in [4.69, 9.17) is 4.98 Å². The zero-order valence-electron chi connectivity index (χ0n) is 12.8. The monoisotopic (exact) mass is 288 g/mol. The molecule has 2 fully saturated rings. The van der Waals surface area contributed by atoms with Crippen LogP contribution in [-0.4, -0.2) is 47.0 Å². The van der Waals surface area contributed by atoms with Gasteiger partial charge in [-0.25, -0.2) is 4.98 Å². The maximum atomic E-state index is 11.4. The van der Waals surface area contributed by atoms with Crippen LogP contribution >= 0.6 is 0 Å². The lowest BCUT2D eigenvalue weighted by molar-refractivity contribution is -0.130. The van der Waals surface area contributed by atoms with Crippen LogP contribution in [0, 0.1) is 5.92 Å². The highest BCUT2D eigenvalue weighted by atomic mass is 16.2. The number of carbonyl (C=O) groups excluding carboxylic acids is 1. The van der Waals surface area contributed by atoms with Crippen LogP contribution in [0.4, 0.5) is 5.82 Å². The SMILES string of the molecule is CC(=O)N1CCC(Cc2cncc(N3CCCC3)n2)CC1. The second-order valence-corrected chi connectivity index (χ2v) is 6.22. The van der Waals surface area contributed by atoms with Crippen molar-refractivity contribution in [3.8, 4) is 0 Å². The lowest BCUT2D eigenvalue weighted by Gasteiger charge is -2.31. The summed E-state index contributed by atoms with van der Waals surface area (Å²) >= 11 is 0. The van der Waals surface area contributed by atoms with Gasteiger partial charge in [0.25, 0.3) is 0 Å². The van der Waals surface area contributed by atoms with Gasteiger partial charge in [0, 0.05) is 39.3 Å². The highest BCUT2D eigenvalue weighted by Gasteiger charge is 2.22. The van der Waals surface area contributed by atoms with Gasteiger partial charge in [0.1, 0.15) is 5.82 Å². The first-order valence-electron chi connectivity index (χ1n) is 8.04. The summed E-state index contributed by atoms with van der Waals surface area (Å²) in [4.78, 5) is 24.8. The van der Waals surface area contributed by atoms with E-state index in [9.17, 15) is 4.79 Å². The van der Waals surface area contributed by atoms with Gasteiger partial charge in [0.15, 0.2) is 0 Å². The van der Waals surface area contributed by atoms with E-state index in [2.05, 4.69) is 9.88 Å². The van der Waals surface area contributed by atoms with Crippen LogP contribution in [-0.2, 0) is 11.2 Å². The highest BCUT2D eigenvalue weighted by molar-refractivity contribution is 5.73. The minimum Gasteiger partial charge on any atom is -0.355 e. The Labute approximate surface area is 126 Å². The number of amides is 1. The first kappa shape index (κ1) is 14.3. The van der Waals surface area contributed by atoms with Gasteiger partial charge in [-0.1, -0.05) is 0 Å². The maximum Gasteiger partial charge on any atom is 0.219 e. The molecule has 0 bridgehead atoms. The van der Waals surface area contributed by atoms with Crippen molar-refractivity contribution in [1.29, 1.82) is 0 Å². The fourth-order valence-electron chi connectivity index (χ4n) is 3.34. The van der Waals surface area contributed by atoms with Crippen molar-refractivity contribution in [2.45, 2.75) is 39.0 Å². The average molecular weight is 288 g/mol. The first-order valence-corrected chi connectivity index (χ1v) is 8.04. The molecule has 3 rings (SSSR count). The molecule has 3 heterocycles. The molecule has 5 heteroatoms. The molecular formula is C16H24N4O. The number of rotatable bonds is 3. The van der Waals surface area contributed by atoms with Crippen LogP contribution in [0.25, 0.3) is 0 Å². The van der Waals surface area contributed by atoms with Gasteiger partial charge >= 0.3 is 0 Å². The lowest BCUT2D eigenvalue weighted by Crippen LogP contribution is -2.37. The van der Waals surface area contributed by atoms with Gasteiger partial charge in [0.2, 0.25) is 5.91 Å². The number of piperidine rings is 1. The Hall–Kier alpha value is -1.65. The zero-order chi connectivity index (χ0) is 14.7. The second kappa shape index (κ2) is 6.41. The smallest absolute Gasteiger partial charge is 0.219 e. The van der Waals surface area contributed by atoms with Gasteiger partial charge in [-0.15, -0.1) is 0 Å². The van der Waals surface area contributed by atoms with Crippen LogP contribution in [0.2, 0.25) is 0 Å². The van der Waals surface area contributed by atoms with Crippen molar-refractivity contribution in [2.75, 3.05) is 31.1 Å². The number of aromatic nitrogens is 2. The van der Waals surface area contributed by atoms with Gasteiger partial charge in [-0.2, -0.15) is 0 Å². The van der Waals surface area contributed by atoms with E-state index in [0.29, 0.717) is 5.92 Å². The second-order valence-electron chi connectivity index (χ2n) is 6.22. The summed E-state index contributed by atoms with van der Waals surface area (Å²) in [5.74, 6) is 1.86. The number of hydrogen-bond acceptors (Lipinski definition) is 4. The molecule has 1 aromatic rings. The summed E-state index contributed by atoms with van der Waals surface area (Å²) in [6.07, 6.45) is 9.44. The molecule has 0 unspecified atom stereocenters. The molecule has 0 N–H and O–H groups in total. The minimum absolute atomic E-state index is 0.198. The predicted octanol–water partition coefficient (Wildman–Crippen LogP) is 1.88. The van der Waals surface area contributed by atoms with Gasteiger partial charge in [-0.3, -0.25) is 9.78 Å². The average Bonchev–Trinajstić information content (AvgIpc) is 3.02. The van der Waals surface area contributed by atoms with Crippen molar-refractivity contribution in [3.63, 3.8) is 0 Å². The molecule has 1 amide bonds. The zero-order valence-corrected chi connectivity index (χ0v) is 12.8. The van der Waals surface area contributed by atoms with Crippen LogP contribution < -0.4 is 4.90 Å². The molecule has 1 aromatic heterocycles. The topological polar surface area (TPSA) is 49.3 Å². The van der Waals surface area contributed by atoms with Gasteiger partial charge in [-0.05, 0) is 38.0 Å². The Morgan fingerprint density at radius 2 is 1.90 bits per heavy atom. The van der Waals surface area contributed by atoms with Crippen molar-refractivity contribution in [3.05, 3.63) is 18.1 Å². The summed E-state index contributed by atoms with van der Waals surface area (Å²) in [6.45, 7) is 5.65. The number of anilines is 1. The van der Waals surface area contributed by atoms with Crippen LogP contribution in [0.3, 0.4) is 0 Å². The summed E-state index contributed by atoms with van der Waals surface area (Å²) in [5.41, 5.74) is 1.10. The minimum atomic E-state index is 0.198. The largest absolute Gasteiger partial charge is 0.355 e. The van der Waals surface area contributed by atoms with Crippen LogP contribution in [0.5, 0.6) is 0 Å². The van der Waals surface area contributed by atoms with Crippen molar-refractivity contribution >= 4 is 11.7 Å². The number of likely N-dealkylation sites (tertiary alicyclic amines) is 1. The predicted molar refractivity (Wildman–Crippen MR) is 82.2 cm³/mol. The van der Waals surface area contributed by atoms with E-state index < -0.39 is 0 Å². The molecule has 0 radical (unpaired) electrons. The molecule has 114 valence electrons. The quantitative estimate of drug-likeness (QED) is 0.852. The van der Waals surface area contributed by atoms with Gasteiger partial charge < -0.3 is 9.80 Å². The standard InChI is InChI=1S/C16H24N4O/c1-13(21)19-8-4-14(5-9-19)10-15-11-17-12-16(18-15)20-6-2-3-7-20/h11-12,14H,2-10H2,1H3. The molecular weight excluding hydrogens is 264 g/mol. The molecule has 2 saturated heterocycles. The normalized spacial score (nSPS) is 20.0. The summed E-state index contributed by atoms with van der Waals surface area (Å²) < 4.78 is 0. The van der Waals surface area contributed by atoms with E-state index in [0.717, 1.165) is 57.0 Å². The van der Waals surface area contributed by atoms with E-state index >= 15 is 0 Å². The summed E-state index contributed by atoms with van der Waals surface area (Å²) in [5, 5.41) is 0. The van der Waals surface area contributed by atoms with Crippen molar-refractivity contribution in [1.82, 2.24) is 14.9 Å². The molecule has 5 nitrogen and oxygen atoms in total. The fourth-order valence-corrected chi connectivity index (χ4v) is 3.34. The molecule has 0 spiro atoms. The van der Waals surface area contributed by atoms with Crippen molar-refractivity contribution in [2.24, 2.45) is 5.92 Å². The molecule has 0 saturated carbocycles. The summed E-state index contributed by atoms with van der Waals surface area (Å²) in [6, 6.07) is 0. The molecule has 0 aromatic carbocycles. The number of carbonyl (C=O) groups is 1. The van der Waals surface area contributed by atoms with E-state index in [1.807, 2.05) is 17.3 Å². The van der Waals surface area contributed by atoms with Crippen LogP contribution in [0.15, 0.2) is 12.4 Å². The Morgan fingerprint density at radius 3 is 2.57 bits per heavy atom. The first-order chi connectivity index (χ1) is 10.2. The Morgan fingerprint density at radius 1 is 1.19 bits per heavy atom. The van der Waals surface area contributed by atoms with Crippen LogP contribution in [0.1, 0.15) is 38.3 Å². The lowest BCUT2D eigenvalue weighted by atomic mass is 9.92. The Kier molecular flexibility index (Phi) is 4.36. The highest BCUT2D eigenvalue weighted by Crippen LogP contribution is 2.22. The van der Waals surface area contributed by atoms with E-state index in [-0.39, 0.29) is 5.91 Å². The van der Waals surface area contributed by atoms with Gasteiger partial charge in [0.05, 0.1) is 11.9 Å². The Balaban J connectivity index is 1.58. The molecule has 0 atom stereocenters. The fraction of sp³-hybridized carbons (Fsp3) is 0.688. The third-order valence-electron chi connectivity index (χ3n) is 4.66. The maximum absolute atomic E-state index is 11.4. The third-order valence-corrected chi connectivity index (χ3v) is 4.66. The molecule has 21 heavy (non-hydrogen) atoms.